The highest BCUT2D eigenvalue weighted by molar-refractivity contribution is 5.88. The molecule has 0 aromatic carbocycles. The van der Waals surface area contributed by atoms with E-state index in [1.54, 1.807) is 12.1 Å². The SMILES string of the molecule is CCC1(CNc2nc(C(=O)OC)ccc2N)CC1. The second-order valence-electron chi connectivity index (χ2n) is 4.83. The Bertz CT molecular complexity index is 456. The summed E-state index contributed by atoms with van der Waals surface area (Å²) in [5, 5.41) is 3.24. The number of methoxy groups -OCH3 is 1. The lowest BCUT2D eigenvalue weighted by atomic mass is 10.0. The van der Waals surface area contributed by atoms with Crippen molar-refractivity contribution in [1.29, 1.82) is 0 Å². The van der Waals surface area contributed by atoms with Gasteiger partial charge in [-0.1, -0.05) is 6.92 Å². The van der Waals surface area contributed by atoms with Crippen LogP contribution in [0.1, 0.15) is 36.7 Å². The van der Waals surface area contributed by atoms with E-state index in [1.807, 2.05) is 0 Å². The van der Waals surface area contributed by atoms with Crippen LogP contribution in [-0.2, 0) is 4.74 Å². The molecular weight excluding hydrogens is 230 g/mol. The predicted octanol–water partition coefficient (Wildman–Crippen LogP) is 2.05. The lowest BCUT2D eigenvalue weighted by Gasteiger charge is -2.15. The zero-order valence-electron chi connectivity index (χ0n) is 10.8. The van der Waals surface area contributed by atoms with Gasteiger partial charge in [0.05, 0.1) is 12.8 Å². The number of ether oxygens (including phenoxy) is 1. The van der Waals surface area contributed by atoms with Crippen LogP contribution in [-0.4, -0.2) is 24.6 Å². The molecule has 0 bridgehead atoms. The third-order valence-electron chi connectivity index (χ3n) is 3.66. The summed E-state index contributed by atoms with van der Waals surface area (Å²) in [5.41, 5.74) is 7.07. The molecule has 1 aliphatic carbocycles. The zero-order valence-corrected chi connectivity index (χ0v) is 10.8. The van der Waals surface area contributed by atoms with E-state index < -0.39 is 5.97 Å². The molecule has 0 amide bonds. The van der Waals surface area contributed by atoms with Crippen molar-refractivity contribution in [2.75, 3.05) is 24.7 Å². The lowest BCUT2D eigenvalue weighted by molar-refractivity contribution is 0.0594. The van der Waals surface area contributed by atoms with Crippen molar-refractivity contribution in [1.82, 2.24) is 4.98 Å². The number of nitrogens with zero attached hydrogens (tertiary/aromatic N) is 1. The van der Waals surface area contributed by atoms with Crippen LogP contribution in [0.25, 0.3) is 0 Å². The van der Waals surface area contributed by atoms with Gasteiger partial charge >= 0.3 is 5.97 Å². The Labute approximate surface area is 107 Å². The molecule has 1 fully saturated rings. The topological polar surface area (TPSA) is 77.2 Å². The van der Waals surface area contributed by atoms with Gasteiger partial charge in [-0.3, -0.25) is 0 Å². The van der Waals surface area contributed by atoms with Crippen molar-refractivity contribution in [2.24, 2.45) is 5.41 Å². The van der Waals surface area contributed by atoms with Crippen molar-refractivity contribution in [2.45, 2.75) is 26.2 Å². The molecule has 18 heavy (non-hydrogen) atoms. The number of aromatic nitrogens is 1. The molecule has 3 N–H and O–H groups in total. The largest absolute Gasteiger partial charge is 0.464 e. The molecule has 0 radical (unpaired) electrons. The van der Waals surface area contributed by atoms with Crippen molar-refractivity contribution < 1.29 is 9.53 Å². The Kier molecular flexibility index (Phi) is 3.41. The number of nitrogen functional groups attached to an aromatic ring is 1. The van der Waals surface area contributed by atoms with Gasteiger partial charge in [0.1, 0.15) is 5.82 Å². The summed E-state index contributed by atoms with van der Waals surface area (Å²) >= 11 is 0. The smallest absolute Gasteiger partial charge is 0.356 e. The molecule has 1 aromatic rings. The zero-order chi connectivity index (χ0) is 13.2. The Morgan fingerprint density at radius 1 is 1.56 bits per heavy atom. The predicted molar refractivity (Wildman–Crippen MR) is 70.4 cm³/mol. The summed E-state index contributed by atoms with van der Waals surface area (Å²) in [6.45, 7) is 3.04. The maximum atomic E-state index is 11.4. The van der Waals surface area contributed by atoms with Crippen molar-refractivity contribution >= 4 is 17.5 Å². The first-order chi connectivity index (χ1) is 8.60. The first kappa shape index (κ1) is 12.7. The van der Waals surface area contributed by atoms with Crippen molar-refractivity contribution in [3.05, 3.63) is 17.8 Å². The van der Waals surface area contributed by atoms with Gasteiger partial charge in [0.15, 0.2) is 5.69 Å². The van der Waals surface area contributed by atoms with E-state index in [1.165, 1.54) is 20.0 Å². The molecular formula is C13H19N3O2. The van der Waals surface area contributed by atoms with Gasteiger partial charge < -0.3 is 15.8 Å². The third-order valence-corrected chi connectivity index (χ3v) is 3.66. The molecule has 5 heteroatoms. The van der Waals surface area contributed by atoms with Crippen molar-refractivity contribution in [3.63, 3.8) is 0 Å². The first-order valence-electron chi connectivity index (χ1n) is 6.19. The number of nitrogens with two attached hydrogens (primary N) is 1. The van der Waals surface area contributed by atoms with Crippen LogP contribution in [0.2, 0.25) is 0 Å². The molecule has 1 heterocycles. The van der Waals surface area contributed by atoms with Crippen molar-refractivity contribution in [3.8, 4) is 0 Å². The molecule has 0 saturated heterocycles. The van der Waals surface area contributed by atoms with Crippen LogP contribution in [0.3, 0.4) is 0 Å². The van der Waals surface area contributed by atoms with E-state index in [0.29, 0.717) is 16.9 Å². The number of carbonyl (C=O) groups excluding carboxylic acids is 1. The number of anilines is 2. The number of hydrogen-bond donors (Lipinski definition) is 2. The van der Waals surface area contributed by atoms with Crippen LogP contribution in [0.4, 0.5) is 11.5 Å². The van der Waals surface area contributed by atoms with Gasteiger partial charge in [-0.25, -0.2) is 9.78 Å². The summed E-state index contributed by atoms with van der Waals surface area (Å²) in [7, 11) is 1.34. The quantitative estimate of drug-likeness (QED) is 0.781. The van der Waals surface area contributed by atoms with E-state index in [-0.39, 0.29) is 5.69 Å². The minimum absolute atomic E-state index is 0.274. The number of nitrogens with one attached hydrogen (secondary N) is 1. The number of rotatable bonds is 5. The summed E-state index contributed by atoms with van der Waals surface area (Å²) in [6.07, 6.45) is 3.64. The van der Waals surface area contributed by atoms with Crippen LogP contribution in [0.15, 0.2) is 12.1 Å². The summed E-state index contributed by atoms with van der Waals surface area (Å²) < 4.78 is 4.64. The first-order valence-corrected chi connectivity index (χ1v) is 6.19. The molecule has 1 aromatic heterocycles. The minimum atomic E-state index is -0.449. The average Bonchev–Trinajstić information content (AvgIpc) is 3.17. The van der Waals surface area contributed by atoms with E-state index in [0.717, 1.165) is 13.0 Å². The molecule has 1 aliphatic rings. The Hall–Kier alpha value is -1.78. The van der Waals surface area contributed by atoms with Gasteiger partial charge in [-0.05, 0) is 36.8 Å². The number of pyridine rings is 1. The summed E-state index contributed by atoms with van der Waals surface area (Å²) in [6, 6.07) is 3.24. The third kappa shape index (κ3) is 2.55. The molecule has 0 unspecified atom stereocenters. The van der Waals surface area contributed by atoms with E-state index in [2.05, 4.69) is 22.0 Å². The highest BCUT2D eigenvalue weighted by Crippen LogP contribution is 2.48. The molecule has 2 rings (SSSR count). The van der Waals surface area contributed by atoms with Gasteiger partial charge in [0, 0.05) is 6.54 Å². The monoisotopic (exact) mass is 249 g/mol. The maximum Gasteiger partial charge on any atom is 0.356 e. The molecule has 0 aliphatic heterocycles. The molecule has 0 atom stereocenters. The molecule has 1 saturated carbocycles. The number of carbonyl (C=O) groups is 1. The van der Waals surface area contributed by atoms with Crippen LogP contribution in [0.5, 0.6) is 0 Å². The Morgan fingerprint density at radius 2 is 2.28 bits per heavy atom. The highest BCUT2D eigenvalue weighted by Gasteiger charge is 2.40. The second kappa shape index (κ2) is 4.84. The van der Waals surface area contributed by atoms with Crippen LogP contribution in [0, 0.1) is 5.41 Å². The standard InChI is InChI=1S/C13H19N3O2/c1-3-13(6-7-13)8-15-11-9(14)4-5-10(16-11)12(17)18-2/h4-5H,3,6-8,14H2,1-2H3,(H,15,16). The normalized spacial score (nSPS) is 16.1. The van der Waals surface area contributed by atoms with E-state index in [9.17, 15) is 4.79 Å². The van der Waals surface area contributed by atoms with Gasteiger partial charge in [-0.15, -0.1) is 0 Å². The molecule has 5 nitrogen and oxygen atoms in total. The Balaban J connectivity index is 2.09. The molecule has 0 spiro atoms. The minimum Gasteiger partial charge on any atom is -0.464 e. The van der Waals surface area contributed by atoms with Crippen LogP contribution >= 0.6 is 0 Å². The summed E-state index contributed by atoms with van der Waals surface area (Å²) in [5.74, 6) is 0.118. The lowest BCUT2D eigenvalue weighted by Crippen LogP contribution is -2.17. The molecule has 98 valence electrons. The van der Waals surface area contributed by atoms with Gasteiger partial charge in [0.2, 0.25) is 0 Å². The number of hydrogen-bond acceptors (Lipinski definition) is 5. The summed E-state index contributed by atoms with van der Waals surface area (Å²) in [4.78, 5) is 15.6. The van der Waals surface area contributed by atoms with E-state index >= 15 is 0 Å². The average molecular weight is 249 g/mol. The van der Waals surface area contributed by atoms with E-state index in [4.69, 9.17) is 5.73 Å². The maximum absolute atomic E-state index is 11.4. The number of esters is 1. The second-order valence-corrected chi connectivity index (χ2v) is 4.83. The fraction of sp³-hybridized carbons (Fsp3) is 0.538. The van der Waals surface area contributed by atoms with Gasteiger partial charge in [0.25, 0.3) is 0 Å². The fourth-order valence-corrected chi connectivity index (χ4v) is 1.93. The van der Waals surface area contributed by atoms with Crippen LogP contribution < -0.4 is 11.1 Å². The fourth-order valence-electron chi connectivity index (χ4n) is 1.93. The Morgan fingerprint density at radius 3 is 2.83 bits per heavy atom. The highest BCUT2D eigenvalue weighted by atomic mass is 16.5. The van der Waals surface area contributed by atoms with Gasteiger partial charge in [-0.2, -0.15) is 0 Å².